The highest BCUT2D eigenvalue weighted by molar-refractivity contribution is 7.10. The molecule has 25 heavy (non-hydrogen) atoms. The molecular weight excluding hydrogens is 346 g/mol. The standard InChI is InChI=1S/C21H19NOS2/c23-21(16-7-6-14-3-1-4-15(14)13-16)22-10-8-18-17(9-12-25-18)20(22)19-5-2-11-24-19/h2,5-7,9,11-13,20H,1,3-4,8,10H2/t20-/m0/s1. The van der Waals surface area contributed by atoms with Crippen LogP contribution in [0.3, 0.4) is 0 Å². The van der Waals surface area contributed by atoms with Crippen LogP contribution in [0.4, 0.5) is 0 Å². The lowest BCUT2D eigenvalue weighted by atomic mass is 9.97. The van der Waals surface area contributed by atoms with Gasteiger partial charge < -0.3 is 4.90 Å². The van der Waals surface area contributed by atoms with E-state index in [1.807, 2.05) is 17.4 Å². The van der Waals surface area contributed by atoms with Gasteiger partial charge in [0.2, 0.25) is 0 Å². The quantitative estimate of drug-likeness (QED) is 0.620. The van der Waals surface area contributed by atoms with E-state index in [1.165, 1.54) is 32.9 Å². The van der Waals surface area contributed by atoms with Gasteiger partial charge in [-0.05, 0) is 77.4 Å². The number of nitrogens with zero attached hydrogens (tertiary/aromatic N) is 1. The van der Waals surface area contributed by atoms with Crippen LogP contribution in [0, 0.1) is 0 Å². The first-order valence-corrected chi connectivity index (χ1v) is 10.6. The molecule has 0 fully saturated rings. The van der Waals surface area contributed by atoms with E-state index in [1.54, 1.807) is 11.3 Å². The molecule has 0 N–H and O–H groups in total. The summed E-state index contributed by atoms with van der Waals surface area (Å²) in [6.45, 7) is 0.798. The third-order valence-corrected chi connectivity index (χ3v) is 7.31. The van der Waals surface area contributed by atoms with Crippen LogP contribution in [0.2, 0.25) is 0 Å². The molecule has 0 saturated heterocycles. The van der Waals surface area contributed by atoms with Crippen molar-refractivity contribution >= 4 is 28.6 Å². The Morgan fingerprint density at radius 2 is 1.92 bits per heavy atom. The fraction of sp³-hybridized carbons (Fsp3) is 0.286. The molecule has 0 saturated carbocycles. The lowest BCUT2D eigenvalue weighted by Gasteiger charge is -2.35. The number of hydrogen-bond acceptors (Lipinski definition) is 3. The number of aryl methyl sites for hydroxylation is 2. The molecule has 0 radical (unpaired) electrons. The zero-order valence-electron chi connectivity index (χ0n) is 13.9. The molecule has 3 aromatic rings. The summed E-state index contributed by atoms with van der Waals surface area (Å²) in [7, 11) is 0. The second-order valence-electron chi connectivity index (χ2n) is 6.80. The number of fused-ring (bicyclic) bond motifs is 2. The molecule has 2 aromatic heterocycles. The third-order valence-electron chi connectivity index (χ3n) is 5.38. The minimum atomic E-state index is 0.0655. The Kier molecular flexibility index (Phi) is 3.75. The molecule has 2 nitrogen and oxygen atoms in total. The van der Waals surface area contributed by atoms with E-state index in [0.29, 0.717) is 0 Å². The van der Waals surface area contributed by atoms with Gasteiger partial charge in [-0.2, -0.15) is 0 Å². The Morgan fingerprint density at radius 3 is 2.80 bits per heavy atom. The smallest absolute Gasteiger partial charge is 0.254 e. The van der Waals surface area contributed by atoms with Crippen molar-refractivity contribution in [2.24, 2.45) is 0 Å². The van der Waals surface area contributed by atoms with Gasteiger partial charge in [-0.25, -0.2) is 0 Å². The molecule has 1 amide bonds. The number of hydrogen-bond donors (Lipinski definition) is 0. The van der Waals surface area contributed by atoms with Crippen molar-refractivity contribution in [2.75, 3.05) is 6.54 Å². The van der Waals surface area contributed by atoms with E-state index in [0.717, 1.165) is 31.4 Å². The summed E-state index contributed by atoms with van der Waals surface area (Å²) in [6, 6.07) is 12.8. The molecular formula is C21H19NOS2. The van der Waals surface area contributed by atoms with Crippen LogP contribution in [0.1, 0.15) is 49.3 Å². The number of rotatable bonds is 2. The monoisotopic (exact) mass is 365 g/mol. The lowest BCUT2D eigenvalue weighted by molar-refractivity contribution is 0.0698. The SMILES string of the molecule is O=C(c1ccc2c(c1)CCC2)N1CCc2sccc2[C@H]1c1cccs1. The van der Waals surface area contributed by atoms with E-state index in [-0.39, 0.29) is 11.9 Å². The molecule has 126 valence electrons. The first-order valence-electron chi connectivity index (χ1n) is 8.84. The van der Waals surface area contributed by atoms with Crippen LogP contribution in [0.5, 0.6) is 0 Å². The second-order valence-corrected chi connectivity index (χ2v) is 8.78. The van der Waals surface area contributed by atoms with Crippen LogP contribution < -0.4 is 0 Å². The zero-order valence-corrected chi connectivity index (χ0v) is 15.5. The summed E-state index contributed by atoms with van der Waals surface area (Å²) < 4.78 is 0. The van der Waals surface area contributed by atoms with Crippen molar-refractivity contribution in [1.82, 2.24) is 4.90 Å². The maximum atomic E-state index is 13.4. The Balaban J connectivity index is 1.55. The van der Waals surface area contributed by atoms with Gasteiger partial charge in [0.25, 0.3) is 5.91 Å². The molecule has 0 bridgehead atoms. The number of benzene rings is 1. The largest absolute Gasteiger partial charge is 0.326 e. The highest BCUT2D eigenvalue weighted by Gasteiger charge is 2.34. The van der Waals surface area contributed by atoms with Crippen LogP contribution in [0.15, 0.2) is 47.2 Å². The first-order chi connectivity index (χ1) is 12.3. The molecule has 2 aliphatic rings. The van der Waals surface area contributed by atoms with E-state index < -0.39 is 0 Å². The molecule has 4 heteroatoms. The summed E-state index contributed by atoms with van der Waals surface area (Å²) in [5.74, 6) is 0.171. The molecule has 0 unspecified atom stereocenters. The summed E-state index contributed by atoms with van der Waals surface area (Å²) >= 11 is 3.56. The Hall–Kier alpha value is -1.91. The molecule has 1 aliphatic heterocycles. The highest BCUT2D eigenvalue weighted by atomic mass is 32.1. The van der Waals surface area contributed by atoms with Crippen LogP contribution >= 0.6 is 22.7 Å². The summed E-state index contributed by atoms with van der Waals surface area (Å²) in [6.07, 6.45) is 4.45. The van der Waals surface area contributed by atoms with Crippen molar-refractivity contribution in [3.8, 4) is 0 Å². The number of thiophene rings is 2. The van der Waals surface area contributed by atoms with E-state index in [4.69, 9.17) is 0 Å². The topological polar surface area (TPSA) is 20.3 Å². The average Bonchev–Trinajstić information content (AvgIpc) is 3.40. The average molecular weight is 366 g/mol. The Morgan fingerprint density at radius 1 is 1.00 bits per heavy atom. The van der Waals surface area contributed by atoms with Crippen molar-refractivity contribution < 1.29 is 4.79 Å². The fourth-order valence-electron chi connectivity index (χ4n) is 4.16. The van der Waals surface area contributed by atoms with Crippen molar-refractivity contribution in [2.45, 2.75) is 31.7 Å². The van der Waals surface area contributed by atoms with Gasteiger partial charge in [0.15, 0.2) is 0 Å². The van der Waals surface area contributed by atoms with Crippen molar-refractivity contribution in [3.63, 3.8) is 0 Å². The molecule has 0 spiro atoms. The number of amides is 1. The normalized spacial score (nSPS) is 18.9. The zero-order chi connectivity index (χ0) is 16.8. The summed E-state index contributed by atoms with van der Waals surface area (Å²) in [4.78, 5) is 18.1. The first kappa shape index (κ1) is 15.4. The second kappa shape index (κ2) is 6.11. The minimum Gasteiger partial charge on any atom is -0.326 e. The van der Waals surface area contributed by atoms with E-state index in [2.05, 4.69) is 46.0 Å². The van der Waals surface area contributed by atoms with Gasteiger partial charge in [0.05, 0.1) is 6.04 Å². The number of carbonyl (C=O) groups excluding carboxylic acids is 1. The Labute approximate surface area is 155 Å². The van der Waals surface area contributed by atoms with Crippen LogP contribution in [-0.4, -0.2) is 17.4 Å². The summed E-state index contributed by atoms with van der Waals surface area (Å²) in [5.41, 5.74) is 4.95. The Bertz CT molecular complexity index is 925. The predicted octanol–water partition coefficient (Wildman–Crippen LogP) is 5.09. The highest BCUT2D eigenvalue weighted by Crippen LogP contribution is 2.40. The fourth-order valence-corrected chi connectivity index (χ4v) is 5.92. The van der Waals surface area contributed by atoms with Crippen molar-refractivity contribution in [3.05, 3.63) is 79.2 Å². The predicted molar refractivity (Wildman–Crippen MR) is 104 cm³/mol. The van der Waals surface area contributed by atoms with Gasteiger partial charge in [-0.15, -0.1) is 22.7 Å². The van der Waals surface area contributed by atoms with Crippen molar-refractivity contribution in [1.29, 1.82) is 0 Å². The minimum absolute atomic E-state index is 0.0655. The van der Waals surface area contributed by atoms with Gasteiger partial charge in [-0.1, -0.05) is 12.1 Å². The molecule has 1 aliphatic carbocycles. The lowest BCUT2D eigenvalue weighted by Crippen LogP contribution is -2.39. The van der Waals surface area contributed by atoms with Gasteiger partial charge in [-0.3, -0.25) is 4.79 Å². The van der Waals surface area contributed by atoms with Gasteiger partial charge in [0.1, 0.15) is 0 Å². The molecule has 3 heterocycles. The van der Waals surface area contributed by atoms with Gasteiger partial charge in [0, 0.05) is 21.9 Å². The third kappa shape index (κ3) is 2.55. The molecule has 5 rings (SSSR count). The maximum absolute atomic E-state index is 13.4. The van der Waals surface area contributed by atoms with Crippen LogP contribution in [-0.2, 0) is 19.3 Å². The molecule has 1 aromatic carbocycles. The number of carbonyl (C=O) groups is 1. The molecule has 1 atom stereocenters. The summed E-state index contributed by atoms with van der Waals surface area (Å²) in [5, 5.41) is 4.27. The van der Waals surface area contributed by atoms with E-state index in [9.17, 15) is 4.79 Å². The van der Waals surface area contributed by atoms with E-state index >= 15 is 0 Å². The maximum Gasteiger partial charge on any atom is 0.254 e. The van der Waals surface area contributed by atoms with Crippen LogP contribution in [0.25, 0.3) is 0 Å². The van der Waals surface area contributed by atoms with Gasteiger partial charge >= 0.3 is 0 Å².